The van der Waals surface area contributed by atoms with E-state index in [1.54, 1.807) is 11.4 Å². The van der Waals surface area contributed by atoms with E-state index in [2.05, 4.69) is 0 Å². The predicted molar refractivity (Wildman–Crippen MR) is 65.1 cm³/mol. The fraction of sp³-hybridized carbons (Fsp3) is 0.500. The first-order valence-corrected chi connectivity index (χ1v) is 7.68. The molecule has 18 heavy (non-hydrogen) atoms. The topological polar surface area (TPSA) is 83.9 Å². The number of hydrogen-bond acceptors (Lipinski definition) is 5. The Balaban J connectivity index is 2.26. The van der Waals surface area contributed by atoms with E-state index in [1.165, 1.54) is 10.4 Å². The number of carboxylic acid groups (broad SMARTS) is 1. The maximum Gasteiger partial charge on any atom is 0.305 e. The average Bonchev–Trinajstić information content (AvgIpc) is 2.82. The Labute approximate surface area is 109 Å². The summed E-state index contributed by atoms with van der Waals surface area (Å²) < 4.78 is 31.3. The van der Waals surface area contributed by atoms with Crippen molar-refractivity contribution in [3.8, 4) is 0 Å². The highest BCUT2D eigenvalue weighted by Crippen LogP contribution is 2.25. The lowest BCUT2D eigenvalue weighted by molar-refractivity contribution is -0.139. The number of carbonyl (C=O) groups is 1. The molecule has 6 nitrogen and oxygen atoms in total. The van der Waals surface area contributed by atoms with Gasteiger partial charge in [0.25, 0.3) is 10.0 Å². The van der Waals surface area contributed by atoms with E-state index in [1.807, 2.05) is 0 Å². The SMILES string of the molecule is O=C(O)CC1COCCN1S(=O)(=O)c1cccs1. The minimum absolute atomic E-state index is 0.122. The van der Waals surface area contributed by atoms with Crippen LogP contribution in [0.15, 0.2) is 21.7 Å². The quantitative estimate of drug-likeness (QED) is 0.879. The minimum Gasteiger partial charge on any atom is -0.481 e. The molecule has 0 saturated carbocycles. The van der Waals surface area contributed by atoms with E-state index >= 15 is 0 Å². The lowest BCUT2D eigenvalue weighted by Crippen LogP contribution is -2.49. The zero-order valence-electron chi connectivity index (χ0n) is 9.48. The van der Waals surface area contributed by atoms with Crippen molar-refractivity contribution >= 4 is 27.3 Å². The molecule has 1 aliphatic rings. The second-order valence-corrected chi connectivity index (χ2v) is 6.94. The summed E-state index contributed by atoms with van der Waals surface area (Å²) in [4.78, 5) is 10.8. The Kier molecular flexibility index (Phi) is 4.00. The van der Waals surface area contributed by atoms with Crippen molar-refractivity contribution in [1.82, 2.24) is 4.31 Å². The Bertz CT molecular complexity index is 510. The van der Waals surface area contributed by atoms with Gasteiger partial charge in [0, 0.05) is 6.54 Å². The number of nitrogens with zero attached hydrogens (tertiary/aromatic N) is 1. The molecule has 1 unspecified atom stereocenters. The number of morpholine rings is 1. The van der Waals surface area contributed by atoms with Gasteiger partial charge < -0.3 is 9.84 Å². The van der Waals surface area contributed by atoms with Crippen molar-refractivity contribution in [2.24, 2.45) is 0 Å². The third-order valence-corrected chi connectivity index (χ3v) is 5.97. The van der Waals surface area contributed by atoms with Crippen LogP contribution in [0.4, 0.5) is 0 Å². The largest absolute Gasteiger partial charge is 0.481 e. The van der Waals surface area contributed by atoms with Gasteiger partial charge in [-0.05, 0) is 11.4 Å². The molecule has 2 heterocycles. The molecule has 0 spiro atoms. The molecular weight excluding hydrogens is 278 g/mol. The first-order valence-electron chi connectivity index (χ1n) is 5.36. The first-order chi connectivity index (χ1) is 8.51. The van der Waals surface area contributed by atoms with Crippen molar-refractivity contribution in [2.75, 3.05) is 19.8 Å². The summed E-state index contributed by atoms with van der Waals surface area (Å²) in [6.07, 6.45) is -0.245. The molecular formula is C10H13NO5S2. The number of ether oxygens (including phenoxy) is 1. The van der Waals surface area contributed by atoms with Crippen LogP contribution in [-0.4, -0.2) is 49.6 Å². The maximum absolute atomic E-state index is 12.3. The van der Waals surface area contributed by atoms with Crippen LogP contribution in [0.1, 0.15) is 6.42 Å². The van der Waals surface area contributed by atoms with Gasteiger partial charge in [-0.15, -0.1) is 11.3 Å². The third kappa shape index (κ3) is 2.72. The summed E-state index contributed by atoms with van der Waals surface area (Å²) in [5.41, 5.74) is 0. The number of rotatable bonds is 4. The van der Waals surface area contributed by atoms with Gasteiger partial charge in [-0.2, -0.15) is 4.31 Å². The number of thiophene rings is 1. The number of hydrogen-bond donors (Lipinski definition) is 1. The van der Waals surface area contributed by atoms with Crippen LogP contribution < -0.4 is 0 Å². The highest BCUT2D eigenvalue weighted by atomic mass is 32.2. The van der Waals surface area contributed by atoms with Gasteiger partial charge in [-0.3, -0.25) is 4.79 Å². The van der Waals surface area contributed by atoms with E-state index in [-0.39, 0.29) is 23.8 Å². The van der Waals surface area contributed by atoms with Crippen molar-refractivity contribution in [1.29, 1.82) is 0 Å². The van der Waals surface area contributed by atoms with Crippen molar-refractivity contribution < 1.29 is 23.1 Å². The average molecular weight is 291 g/mol. The second-order valence-electron chi connectivity index (χ2n) is 3.87. The molecule has 1 aromatic rings. The van der Waals surface area contributed by atoms with Crippen LogP contribution in [0.3, 0.4) is 0 Å². The molecule has 1 atom stereocenters. The predicted octanol–water partition coefficient (Wildman–Crippen LogP) is 0.612. The second kappa shape index (κ2) is 5.35. The van der Waals surface area contributed by atoms with E-state index < -0.39 is 22.0 Å². The standard InChI is InChI=1S/C10H13NO5S2/c12-9(13)6-8-7-16-4-3-11(8)18(14,15)10-2-1-5-17-10/h1-2,5,8H,3-4,6-7H2,(H,12,13). The highest BCUT2D eigenvalue weighted by Gasteiger charge is 2.35. The van der Waals surface area contributed by atoms with E-state index in [4.69, 9.17) is 9.84 Å². The molecule has 1 aromatic heterocycles. The Morgan fingerprint density at radius 3 is 3.00 bits per heavy atom. The Morgan fingerprint density at radius 1 is 1.61 bits per heavy atom. The summed E-state index contributed by atoms with van der Waals surface area (Å²) in [7, 11) is -3.60. The fourth-order valence-electron chi connectivity index (χ4n) is 1.84. The van der Waals surface area contributed by atoms with Gasteiger partial charge in [0.1, 0.15) is 4.21 Å². The van der Waals surface area contributed by atoms with Crippen LogP contribution in [-0.2, 0) is 19.6 Å². The lowest BCUT2D eigenvalue weighted by atomic mass is 10.2. The Hall–Kier alpha value is -0.960. The smallest absolute Gasteiger partial charge is 0.305 e. The van der Waals surface area contributed by atoms with Gasteiger partial charge in [-0.1, -0.05) is 6.07 Å². The Morgan fingerprint density at radius 2 is 2.39 bits per heavy atom. The molecule has 0 bridgehead atoms. The van der Waals surface area contributed by atoms with Gasteiger partial charge in [-0.25, -0.2) is 8.42 Å². The summed E-state index contributed by atoms with van der Waals surface area (Å²) >= 11 is 1.13. The first kappa shape index (κ1) is 13.5. The molecule has 1 aliphatic heterocycles. The maximum atomic E-state index is 12.3. The normalized spacial score (nSPS) is 21.9. The van der Waals surface area contributed by atoms with Crippen LogP contribution in [0.2, 0.25) is 0 Å². The molecule has 1 N–H and O–H groups in total. The molecule has 100 valence electrons. The molecule has 0 amide bonds. The van der Waals surface area contributed by atoms with Crippen molar-refractivity contribution in [3.05, 3.63) is 17.5 Å². The van der Waals surface area contributed by atoms with Crippen LogP contribution >= 0.6 is 11.3 Å². The number of carboxylic acids is 1. The van der Waals surface area contributed by atoms with Crippen molar-refractivity contribution in [2.45, 2.75) is 16.7 Å². The number of sulfonamides is 1. The van der Waals surface area contributed by atoms with Gasteiger partial charge in [0.05, 0.1) is 25.7 Å². The van der Waals surface area contributed by atoms with Gasteiger partial charge in [0.15, 0.2) is 0 Å². The summed E-state index contributed by atoms with van der Waals surface area (Å²) in [5.74, 6) is -1.03. The minimum atomic E-state index is -3.60. The molecule has 0 aliphatic carbocycles. The van der Waals surface area contributed by atoms with E-state index in [9.17, 15) is 13.2 Å². The summed E-state index contributed by atoms with van der Waals surface area (Å²) in [5, 5.41) is 10.5. The highest BCUT2D eigenvalue weighted by molar-refractivity contribution is 7.91. The molecule has 0 radical (unpaired) electrons. The van der Waals surface area contributed by atoms with E-state index in [0.717, 1.165) is 11.3 Å². The van der Waals surface area contributed by atoms with E-state index in [0.29, 0.717) is 6.61 Å². The zero-order valence-corrected chi connectivity index (χ0v) is 11.1. The fourth-order valence-corrected chi connectivity index (χ4v) is 4.56. The molecule has 2 rings (SSSR count). The third-order valence-electron chi connectivity index (χ3n) is 2.64. The van der Waals surface area contributed by atoms with Gasteiger partial charge in [0.2, 0.25) is 0 Å². The molecule has 1 fully saturated rings. The van der Waals surface area contributed by atoms with Crippen LogP contribution in [0.5, 0.6) is 0 Å². The van der Waals surface area contributed by atoms with Crippen LogP contribution in [0, 0.1) is 0 Å². The molecule has 0 aromatic carbocycles. The lowest BCUT2D eigenvalue weighted by Gasteiger charge is -2.33. The number of aliphatic carboxylic acids is 1. The van der Waals surface area contributed by atoms with Crippen LogP contribution in [0.25, 0.3) is 0 Å². The molecule has 8 heteroatoms. The summed E-state index contributed by atoms with van der Waals surface area (Å²) in [6, 6.07) is 2.54. The molecule has 1 saturated heterocycles. The zero-order chi connectivity index (χ0) is 13.2. The van der Waals surface area contributed by atoms with Gasteiger partial charge >= 0.3 is 5.97 Å². The van der Waals surface area contributed by atoms with Crippen molar-refractivity contribution in [3.63, 3.8) is 0 Å². The monoisotopic (exact) mass is 291 g/mol. The summed E-state index contributed by atoms with van der Waals surface area (Å²) in [6.45, 7) is 0.607.